The molecule has 0 saturated carbocycles. The van der Waals surface area contributed by atoms with Crippen LogP contribution in [0, 0.1) is 26.2 Å². The smallest absolute Gasteiger partial charge is 0.239 e. The summed E-state index contributed by atoms with van der Waals surface area (Å²) in [5.41, 5.74) is 2.96. The van der Waals surface area contributed by atoms with E-state index < -0.39 is 11.7 Å². The van der Waals surface area contributed by atoms with Gasteiger partial charge in [0.15, 0.2) is 0 Å². The first kappa shape index (κ1) is 15.8. The van der Waals surface area contributed by atoms with E-state index in [4.69, 9.17) is 6.42 Å². The van der Waals surface area contributed by atoms with Gasteiger partial charge in [0.1, 0.15) is 5.71 Å². The third-order valence-electron chi connectivity index (χ3n) is 3.35. The lowest BCUT2D eigenvalue weighted by atomic mass is 10.1. The van der Waals surface area contributed by atoms with Crippen LogP contribution < -0.4 is 0 Å². The lowest BCUT2D eigenvalue weighted by molar-refractivity contribution is -0.137. The summed E-state index contributed by atoms with van der Waals surface area (Å²) < 4.78 is 37.7. The quantitative estimate of drug-likeness (QED) is 0.542. The Balaban J connectivity index is 2.37. The second-order valence-corrected chi connectivity index (χ2v) is 4.95. The van der Waals surface area contributed by atoms with Gasteiger partial charge < -0.3 is 0 Å². The van der Waals surface area contributed by atoms with E-state index in [1.165, 1.54) is 12.1 Å². The number of rotatable bonds is 2. The van der Waals surface area contributed by atoms with Crippen LogP contribution in [0.3, 0.4) is 0 Å². The van der Waals surface area contributed by atoms with E-state index in [1.54, 1.807) is 0 Å². The molecule has 4 heteroatoms. The number of hydrogen-bond acceptors (Lipinski definition) is 1. The summed E-state index contributed by atoms with van der Waals surface area (Å²) >= 11 is 0. The molecule has 0 N–H and O–H groups in total. The molecule has 0 radical (unpaired) electrons. The number of benzene rings is 2. The molecular weight excluding hydrogens is 287 g/mol. The molecule has 0 aliphatic carbocycles. The van der Waals surface area contributed by atoms with Crippen molar-refractivity contribution in [2.45, 2.75) is 20.0 Å². The van der Waals surface area contributed by atoms with Gasteiger partial charge >= 0.3 is 6.18 Å². The zero-order valence-corrected chi connectivity index (χ0v) is 12.2. The molecule has 0 spiro atoms. The van der Waals surface area contributed by atoms with Crippen LogP contribution in [0.2, 0.25) is 0 Å². The molecule has 0 bridgehead atoms. The summed E-state index contributed by atoms with van der Waals surface area (Å²) in [6.07, 6.45) is 1.08. The molecule has 1 nitrogen and oxygen atoms in total. The van der Waals surface area contributed by atoms with Crippen molar-refractivity contribution in [2.75, 3.05) is 0 Å². The molecule has 0 saturated heterocycles. The molecule has 0 aliphatic rings. The Morgan fingerprint density at radius 1 is 1.00 bits per heavy atom. The summed E-state index contributed by atoms with van der Waals surface area (Å²) in [5, 5.41) is 0. The summed E-state index contributed by atoms with van der Waals surface area (Å²) in [5.74, 6) is 2.43. The summed E-state index contributed by atoms with van der Waals surface area (Å²) in [4.78, 5) is 4.34. The predicted molar refractivity (Wildman–Crippen MR) is 82.4 cm³/mol. The van der Waals surface area contributed by atoms with Gasteiger partial charge in [-0.1, -0.05) is 18.2 Å². The lowest BCUT2D eigenvalue weighted by Gasteiger charge is -2.07. The first-order chi connectivity index (χ1) is 10.3. The minimum Gasteiger partial charge on any atom is -0.239 e. The van der Waals surface area contributed by atoms with E-state index in [-0.39, 0.29) is 0 Å². The summed E-state index contributed by atoms with van der Waals surface area (Å²) in [6, 6.07) is 10.3. The fraction of sp³-hybridized carbons (Fsp3) is 0.167. The molecular formula is C18H14F3N. The van der Waals surface area contributed by atoms with E-state index >= 15 is 0 Å². The van der Waals surface area contributed by atoms with Crippen LogP contribution in [0.5, 0.6) is 0 Å². The molecule has 22 heavy (non-hydrogen) atoms. The number of nitrogens with zero attached hydrogens (tertiary/aromatic N) is 1. The third-order valence-corrected chi connectivity index (χ3v) is 3.35. The van der Waals surface area contributed by atoms with E-state index in [1.807, 2.05) is 32.0 Å². The first-order valence-electron chi connectivity index (χ1n) is 6.61. The Hall–Kier alpha value is -2.54. The molecule has 0 aromatic heterocycles. The van der Waals surface area contributed by atoms with Gasteiger partial charge in [0.05, 0.1) is 11.3 Å². The van der Waals surface area contributed by atoms with Crippen LogP contribution in [0.15, 0.2) is 47.5 Å². The van der Waals surface area contributed by atoms with Crippen molar-refractivity contribution in [1.29, 1.82) is 0 Å². The number of alkyl halides is 3. The number of terminal acetylenes is 1. The van der Waals surface area contributed by atoms with Crippen molar-refractivity contribution in [2.24, 2.45) is 4.99 Å². The van der Waals surface area contributed by atoms with Gasteiger partial charge in [-0.3, -0.25) is 0 Å². The van der Waals surface area contributed by atoms with Crippen molar-refractivity contribution >= 4 is 11.4 Å². The second-order valence-electron chi connectivity index (χ2n) is 4.95. The number of hydrogen-bond donors (Lipinski definition) is 0. The Labute approximate surface area is 127 Å². The first-order valence-corrected chi connectivity index (χ1v) is 6.61. The molecule has 0 fully saturated rings. The zero-order chi connectivity index (χ0) is 16.3. The Morgan fingerprint density at radius 2 is 1.64 bits per heavy atom. The van der Waals surface area contributed by atoms with Crippen molar-refractivity contribution in [3.8, 4) is 12.3 Å². The number of halogens is 3. The number of aliphatic imine (C=N–C) groups is 1. The van der Waals surface area contributed by atoms with Crippen LogP contribution in [-0.2, 0) is 6.18 Å². The third kappa shape index (κ3) is 3.56. The molecule has 0 atom stereocenters. The van der Waals surface area contributed by atoms with Crippen LogP contribution in [0.25, 0.3) is 0 Å². The van der Waals surface area contributed by atoms with Crippen molar-refractivity contribution in [1.82, 2.24) is 0 Å². The summed E-state index contributed by atoms with van der Waals surface area (Å²) in [7, 11) is 0. The highest BCUT2D eigenvalue weighted by molar-refractivity contribution is 6.13. The van der Waals surface area contributed by atoms with Gasteiger partial charge in [0.2, 0.25) is 0 Å². The highest BCUT2D eigenvalue weighted by Gasteiger charge is 2.30. The maximum atomic E-state index is 12.6. The Kier molecular flexibility index (Phi) is 4.37. The maximum absolute atomic E-state index is 12.6. The average Bonchev–Trinajstić information content (AvgIpc) is 2.47. The van der Waals surface area contributed by atoms with E-state index in [2.05, 4.69) is 10.9 Å². The molecule has 0 aliphatic heterocycles. The fourth-order valence-electron chi connectivity index (χ4n) is 1.92. The highest BCUT2D eigenvalue weighted by atomic mass is 19.4. The molecule has 0 unspecified atom stereocenters. The second kappa shape index (κ2) is 6.07. The Bertz CT molecular complexity index is 747. The van der Waals surface area contributed by atoms with E-state index in [0.29, 0.717) is 17.0 Å². The SMILES string of the molecule is C#CC(=Nc1ccc(C)c(C)c1)c1ccc(C(F)(F)F)cc1. The average molecular weight is 301 g/mol. The predicted octanol–water partition coefficient (Wildman–Crippen LogP) is 5.08. The van der Waals surface area contributed by atoms with Crippen LogP contribution in [-0.4, -0.2) is 5.71 Å². The molecule has 0 heterocycles. The molecule has 2 aromatic carbocycles. The lowest BCUT2D eigenvalue weighted by Crippen LogP contribution is -2.05. The largest absolute Gasteiger partial charge is 0.416 e. The standard InChI is InChI=1S/C18H14F3N/c1-4-17(22-16-10-5-12(2)13(3)11-16)14-6-8-15(9-7-14)18(19,20)21/h1,5-11H,2-3H3. The normalized spacial score (nSPS) is 12.1. The monoisotopic (exact) mass is 301 g/mol. The summed E-state index contributed by atoms with van der Waals surface area (Å²) in [6.45, 7) is 3.95. The molecule has 112 valence electrons. The van der Waals surface area contributed by atoms with Gasteiger partial charge in [0.25, 0.3) is 0 Å². The topological polar surface area (TPSA) is 12.4 Å². The minimum absolute atomic E-state index is 0.303. The van der Waals surface area contributed by atoms with Crippen LogP contribution >= 0.6 is 0 Å². The highest BCUT2D eigenvalue weighted by Crippen LogP contribution is 2.29. The van der Waals surface area contributed by atoms with Crippen molar-refractivity contribution < 1.29 is 13.2 Å². The zero-order valence-electron chi connectivity index (χ0n) is 12.2. The number of aryl methyl sites for hydroxylation is 2. The van der Waals surface area contributed by atoms with E-state index in [9.17, 15) is 13.2 Å². The molecule has 2 rings (SSSR count). The fourth-order valence-corrected chi connectivity index (χ4v) is 1.92. The van der Waals surface area contributed by atoms with Gasteiger partial charge in [-0.25, -0.2) is 4.99 Å². The van der Waals surface area contributed by atoms with Gasteiger partial charge in [-0.15, -0.1) is 6.42 Å². The van der Waals surface area contributed by atoms with E-state index in [0.717, 1.165) is 23.3 Å². The Morgan fingerprint density at radius 3 is 2.14 bits per heavy atom. The van der Waals surface area contributed by atoms with Gasteiger partial charge in [-0.05, 0) is 55.2 Å². The van der Waals surface area contributed by atoms with Gasteiger partial charge in [-0.2, -0.15) is 13.2 Å². The van der Waals surface area contributed by atoms with Crippen molar-refractivity contribution in [3.05, 3.63) is 64.7 Å². The molecule has 0 amide bonds. The van der Waals surface area contributed by atoms with Crippen molar-refractivity contribution in [3.63, 3.8) is 0 Å². The minimum atomic E-state index is -4.36. The maximum Gasteiger partial charge on any atom is 0.416 e. The van der Waals surface area contributed by atoms with Crippen LogP contribution in [0.1, 0.15) is 22.3 Å². The molecule has 2 aromatic rings. The van der Waals surface area contributed by atoms with Gasteiger partial charge in [0, 0.05) is 5.56 Å². The van der Waals surface area contributed by atoms with Crippen LogP contribution in [0.4, 0.5) is 18.9 Å².